The summed E-state index contributed by atoms with van der Waals surface area (Å²) in [6, 6.07) is 1.65. The van der Waals surface area contributed by atoms with E-state index in [1.54, 1.807) is 13.1 Å². The van der Waals surface area contributed by atoms with E-state index in [1.807, 2.05) is 11.8 Å². The minimum Gasteiger partial charge on any atom is -0.357 e. The highest BCUT2D eigenvalue weighted by Crippen LogP contribution is 2.29. The van der Waals surface area contributed by atoms with E-state index in [0.717, 1.165) is 30.8 Å². The van der Waals surface area contributed by atoms with Gasteiger partial charge in [-0.2, -0.15) is 5.10 Å². The van der Waals surface area contributed by atoms with Gasteiger partial charge in [-0.15, -0.1) is 0 Å². The number of amides is 1. The second-order valence-electron chi connectivity index (χ2n) is 5.35. The molecule has 0 bridgehead atoms. The average Bonchev–Trinajstić information content (AvgIpc) is 3.08. The van der Waals surface area contributed by atoms with Gasteiger partial charge in [-0.25, -0.2) is 15.0 Å². The van der Waals surface area contributed by atoms with Crippen molar-refractivity contribution in [2.45, 2.75) is 32.2 Å². The lowest BCUT2D eigenvalue weighted by Gasteiger charge is -2.34. The van der Waals surface area contributed by atoms with Gasteiger partial charge in [0.25, 0.3) is 5.91 Å². The van der Waals surface area contributed by atoms with Crippen molar-refractivity contribution in [2.75, 3.05) is 18.9 Å². The molecular weight excluding hydrogens is 282 g/mol. The number of rotatable bonds is 3. The minimum absolute atomic E-state index is 0.0722. The van der Waals surface area contributed by atoms with Crippen molar-refractivity contribution in [1.82, 2.24) is 30.0 Å². The van der Waals surface area contributed by atoms with Crippen LogP contribution in [0.25, 0.3) is 0 Å². The highest BCUT2D eigenvalue weighted by Gasteiger charge is 2.31. The van der Waals surface area contributed by atoms with Gasteiger partial charge < -0.3 is 10.2 Å². The van der Waals surface area contributed by atoms with Gasteiger partial charge in [0.15, 0.2) is 0 Å². The summed E-state index contributed by atoms with van der Waals surface area (Å²) in [5.74, 6) is 1.09. The molecule has 1 aliphatic heterocycles. The van der Waals surface area contributed by atoms with Gasteiger partial charge in [0.05, 0.1) is 6.04 Å². The molecule has 1 fully saturated rings. The molecule has 3 heterocycles. The van der Waals surface area contributed by atoms with Crippen molar-refractivity contribution in [1.29, 1.82) is 0 Å². The first-order valence-electron chi connectivity index (χ1n) is 7.38. The normalized spacial score (nSPS) is 18.3. The van der Waals surface area contributed by atoms with Crippen LogP contribution >= 0.6 is 0 Å². The van der Waals surface area contributed by atoms with Gasteiger partial charge in [0, 0.05) is 19.3 Å². The molecule has 1 saturated heterocycles. The first kappa shape index (κ1) is 14.4. The van der Waals surface area contributed by atoms with Crippen molar-refractivity contribution in [2.24, 2.45) is 0 Å². The molecule has 116 valence electrons. The van der Waals surface area contributed by atoms with Gasteiger partial charge >= 0.3 is 0 Å². The summed E-state index contributed by atoms with van der Waals surface area (Å²) >= 11 is 0. The lowest BCUT2D eigenvalue weighted by atomic mass is 10.0. The second kappa shape index (κ2) is 6.08. The van der Waals surface area contributed by atoms with Gasteiger partial charge in [-0.3, -0.25) is 9.89 Å². The topological polar surface area (TPSA) is 99.7 Å². The van der Waals surface area contributed by atoms with Crippen LogP contribution in [0.15, 0.2) is 12.4 Å². The number of aryl methyl sites for hydroxylation is 1. The highest BCUT2D eigenvalue weighted by atomic mass is 16.2. The number of hydrogen-bond acceptors (Lipinski definition) is 6. The zero-order valence-electron chi connectivity index (χ0n) is 12.7. The molecule has 8 nitrogen and oxygen atoms in total. The fraction of sp³-hybridized carbons (Fsp3) is 0.500. The van der Waals surface area contributed by atoms with Gasteiger partial charge in [-0.05, 0) is 32.3 Å². The zero-order valence-corrected chi connectivity index (χ0v) is 12.7. The van der Waals surface area contributed by atoms with Crippen LogP contribution in [-0.2, 0) is 0 Å². The largest absolute Gasteiger partial charge is 0.357 e. The predicted molar refractivity (Wildman–Crippen MR) is 80.3 cm³/mol. The summed E-state index contributed by atoms with van der Waals surface area (Å²) in [4.78, 5) is 27.4. The first-order chi connectivity index (χ1) is 10.7. The van der Waals surface area contributed by atoms with Crippen molar-refractivity contribution in [3.8, 4) is 0 Å². The van der Waals surface area contributed by atoms with Gasteiger partial charge in [-0.1, -0.05) is 0 Å². The van der Waals surface area contributed by atoms with Crippen molar-refractivity contribution in [3.05, 3.63) is 29.6 Å². The van der Waals surface area contributed by atoms with Crippen molar-refractivity contribution >= 4 is 11.9 Å². The van der Waals surface area contributed by atoms with Crippen LogP contribution in [0.2, 0.25) is 0 Å². The fourth-order valence-electron chi connectivity index (χ4n) is 2.77. The Kier molecular flexibility index (Phi) is 3.99. The summed E-state index contributed by atoms with van der Waals surface area (Å²) in [5, 5.41) is 9.66. The molecule has 0 spiro atoms. The number of carbonyl (C=O) groups is 1. The molecule has 1 atom stereocenters. The fourth-order valence-corrected chi connectivity index (χ4v) is 2.77. The number of H-pyrrole nitrogens is 1. The molecule has 0 saturated carbocycles. The number of nitrogens with zero attached hydrogens (tertiary/aromatic N) is 5. The average molecular weight is 301 g/mol. The monoisotopic (exact) mass is 301 g/mol. The lowest BCUT2D eigenvalue weighted by Crippen LogP contribution is -2.39. The Morgan fingerprint density at radius 3 is 3.00 bits per heavy atom. The number of likely N-dealkylation sites (tertiary alicyclic amines) is 1. The van der Waals surface area contributed by atoms with E-state index in [1.165, 1.54) is 6.33 Å². The Morgan fingerprint density at radius 2 is 2.27 bits per heavy atom. The van der Waals surface area contributed by atoms with Crippen molar-refractivity contribution < 1.29 is 4.79 Å². The Hall–Kier alpha value is -2.51. The maximum atomic E-state index is 12.9. The maximum Gasteiger partial charge on any atom is 0.273 e. The molecule has 1 amide bonds. The molecule has 1 aliphatic rings. The smallest absolute Gasteiger partial charge is 0.273 e. The Labute approximate surface area is 128 Å². The van der Waals surface area contributed by atoms with E-state index < -0.39 is 0 Å². The third-order valence-electron chi connectivity index (χ3n) is 3.81. The molecule has 0 aliphatic carbocycles. The van der Waals surface area contributed by atoms with E-state index >= 15 is 0 Å². The molecule has 2 aromatic rings. The summed E-state index contributed by atoms with van der Waals surface area (Å²) in [5.41, 5.74) is 1.17. The summed E-state index contributed by atoms with van der Waals surface area (Å²) in [6.45, 7) is 2.55. The van der Waals surface area contributed by atoms with Gasteiger partial charge in [0.1, 0.15) is 17.8 Å². The van der Waals surface area contributed by atoms with Crippen LogP contribution in [0.3, 0.4) is 0 Å². The standard InChI is InChI=1S/C14H19N7O/c1-9-7-10(19-14(15-2)18-9)13(22)21-6-4-3-5-11(21)12-16-8-17-20-12/h7-8,11H,3-6H2,1-2H3,(H,15,18,19)(H,16,17,20). The van der Waals surface area contributed by atoms with Gasteiger partial charge in [0.2, 0.25) is 5.95 Å². The summed E-state index contributed by atoms with van der Waals surface area (Å²) in [6.07, 6.45) is 4.41. The summed E-state index contributed by atoms with van der Waals surface area (Å²) < 4.78 is 0. The number of hydrogen-bond donors (Lipinski definition) is 2. The van der Waals surface area contributed by atoms with Crippen LogP contribution in [0, 0.1) is 6.92 Å². The van der Waals surface area contributed by atoms with E-state index in [9.17, 15) is 4.79 Å². The van der Waals surface area contributed by atoms with Crippen LogP contribution < -0.4 is 5.32 Å². The van der Waals surface area contributed by atoms with E-state index in [2.05, 4.69) is 30.5 Å². The predicted octanol–water partition coefficient (Wildman–Crippen LogP) is 1.31. The van der Waals surface area contributed by atoms with Crippen LogP contribution in [-0.4, -0.2) is 49.5 Å². The Bertz CT molecular complexity index is 655. The van der Waals surface area contributed by atoms with Crippen molar-refractivity contribution in [3.63, 3.8) is 0 Å². The minimum atomic E-state index is -0.0944. The molecule has 3 rings (SSSR count). The number of aromatic nitrogens is 5. The number of carbonyl (C=O) groups excluding carboxylic acids is 1. The Balaban J connectivity index is 1.90. The van der Waals surface area contributed by atoms with Crippen LogP contribution in [0.4, 0.5) is 5.95 Å². The lowest BCUT2D eigenvalue weighted by molar-refractivity contribution is 0.0594. The number of aromatic amines is 1. The number of anilines is 1. The summed E-state index contributed by atoms with van der Waals surface area (Å²) in [7, 11) is 1.74. The molecule has 2 aromatic heterocycles. The molecule has 0 aromatic carbocycles. The number of piperidine rings is 1. The molecule has 2 N–H and O–H groups in total. The van der Waals surface area contributed by atoms with E-state index in [4.69, 9.17) is 0 Å². The molecule has 8 heteroatoms. The first-order valence-corrected chi connectivity index (χ1v) is 7.38. The van der Waals surface area contributed by atoms with E-state index in [-0.39, 0.29) is 11.9 Å². The SMILES string of the molecule is CNc1nc(C)cc(C(=O)N2CCCCC2c2ncn[nH]2)n1. The second-order valence-corrected chi connectivity index (χ2v) is 5.35. The zero-order chi connectivity index (χ0) is 15.5. The maximum absolute atomic E-state index is 12.9. The quantitative estimate of drug-likeness (QED) is 0.886. The van der Waals surface area contributed by atoms with Crippen LogP contribution in [0.1, 0.15) is 47.3 Å². The molecular formula is C14H19N7O. The Morgan fingerprint density at radius 1 is 1.41 bits per heavy atom. The molecule has 1 unspecified atom stereocenters. The van der Waals surface area contributed by atoms with E-state index in [0.29, 0.717) is 18.2 Å². The van der Waals surface area contributed by atoms with Crippen LogP contribution in [0.5, 0.6) is 0 Å². The highest BCUT2D eigenvalue weighted by molar-refractivity contribution is 5.93. The third-order valence-corrected chi connectivity index (χ3v) is 3.81. The molecule has 0 radical (unpaired) electrons. The number of nitrogens with one attached hydrogen (secondary N) is 2. The third kappa shape index (κ3) is 2.76. The molecule has 22 heavy (non-hydrogen) atoms.